The summed E-state index contributed by atoms with van der Waals surface area (Å²) in [7, 11) is 0. The molecule has 3 rings (SSSR count). The molecule has 0 saturated heterocycles. The summed E-state index contributed by atoms with van der Waals surface area (Å²) in [5.41, 5.74) is 1.35. The van der Waals surface area contributed by atoms with E-state index in [1.165, 1.54) is 10.9 Å². The maximum atomic E-state index is 11.0. The number of hydrogen-bond donors (Lipinski definition) is 0. The largest absolute Gasteiger partial charge is 0.296 e. The van der Waals surface area contributed by atoms with Crippen molar-refractivity contribution in [2.75, 3.05) is 0 Å². The first kappa shape index (κ1) is 11.6. The van der Waals surface area contributed by atoms with Gasteiger partial charge in [0.1, 0.15) is 11.0 Å². The summed E-state index contributed by atoms with van der Waals surface area (Å²) in [6.07, 6.45) is 0. The molecule has 0 radical (unpaired) electrons. The molecule has 3 aromatic rings. The van der Waals surface area contributed by atoms with Crippen LogP contribution in [0.4, 0.5) is 5.69 Å². The van der Waals surface area contributed by atoms with Crippen molar-refractivity contribution in [3.63, 3.8) is 0 Å². The molecule has 0 fully saturated rings. The van der Waals surface area contributed by atoms with Gasteiger partial charge in [0.25, 0.3) is 5.69 Å². The van der Waals surface area contributed by atoms with Crippen LogP contribution in [0.1, 0.15) is 0 Å². The Balaban J connectivity index is 2.25. The van der Waals surface area contributed by atoms with E-state index in [1.54, 1.807) is 36.4 Å². The monoisotopic (exact) mass is 274 g/mol. The second kappa shape index (κ2) is 4.33. The zero-order chi connectivity index (χ0) is 13.4. The minimum absolute atomic E-state index is 0.0565. The van der Waals surface area contributed by atoms with Crippen LogP contribution >= 0.6 is 11.6 Å². The van der Waals surface area contributed by atoms with Crippen LogP contribution in [0.5, 0.6) is 0 Å². The van der Waals surface area contributed by atoms with Gasteiger partial charge in [0.15, 0.2) is 5.69 Å². The second-order valence-corrected chi connectivity index (χ2v) is 4.25. The normalized spacial score (nSPS) is 10.8. The van der Waals surface area contributed by atoms with E-state index >= 15 is 0 Å². The SMILES string of the molecule is O=[N+]([O-])c1ccccc1-n1nc2cccc(Cl)c2n1. The molecule has 0 aliphatic heterocycles. The maximum Gasteiger partial charge on any atom is 0.296 e. The summed E-state index contributed by atoms with van der Waals surface area (Å²) in [6.45, 7) is 0. The minimum atomic E-state index is -0.467. The minimum Gasteiger partial charge on any atom is -0.258 e. The number of hydrogen-bond acceptors (Lipinski definition) is 4. The maximum absolute atomic E-state index is 11.0. The van der Waals surface area contributed by atoms with Crippen LogP contribution < -0.4 is 0 Å². The number of nitrogens with zero attached hydrogens (tertiary/aromatic N) is 4. The summed E-state index contributed by atoms with van der Waals surface area (Å²) in [5, 5.41) is 19.8. The Morgan fingerprint density at radius 3 is 2.63 bits per heavy atom. The molecule has 2 aromatic carbocycles. The highest BCUT2D eigenvalue weighted by atomic mass is 35.5. The number of benzene rings is 2. The number of para-hydroxylation sites is 2. The molecule has 6 nitrogen and oxygen atoms in total. The molecule has 1 heterocycles. The first-order chi connectivity index (χ1) is 9.16. The van der Waals surface area contributed by atoms with E-state index in [1.807, 2.05) is 0 Å². The van der Waals surface area contributed by atoms with E-state index in [0.717, 1.165) is 0 Å². The highest BCUT2D eigenvalue weighted by molar-refractivity contribution is 6.34. The average molecular weight is 275 g/mol. The molecule has 0 atom stereocenters. The van der Waals surface area contributed by atoms with Gasteiger partial charge < -0.3 is 0 Å². The Morgan fingerprint density at radius 1 is 1.11 bits per heavy atom. The van der Waals surface area contributed by atoms with Gasteiger partial charge >= 0.3 is 0 Å². The molecule has 0 aliphatic rings. The highest BCUT2D eigenvalue weighted by Crippen LogP contribution is 2.24. The van der Waals surface area contributed by atoms with Crippen molar-refractivity contribution in [1.29, 1.82) is 0 Å². The summed E-state index contributed by atoms with van der Waals surface area (Å²) in [6, 6.07) is 11.5. The molecule has 0 amide bonds. The topological polar surface area (TPSA) is 73.8 Å². The van der Waals surface area contributed by atoms with E-state index in [4.69, 9.17) is 11.6 Å². The average Bonchev–Trinajstić information content (AvgIpc) is 2.84. The smallest absolute Gasteiger partial charge is 0.258 e. The van der Waals surface area contributed by atoms with Gasteiger partial charge in [-0.2, -0.15) is 0 Å². The molecule has 19 heavy (non-hydrogen) atoms. The number of aromatic nitrogens is 3. The number of rotatable bonds is 2. The van der Waals surface area contributed by atoms with Gasteiger partial charge in [0.05, 0.1) is 9.95 Å². The van der Waals surface area contributed by atoms with Gasteiger partial charge in [-0.25, -0.2) is 0 Å². The van der Waals surface area contributed by atoms with Crippen molar-refractivity contribution in [3.05, 3.63) is 57.6 Å². The van der Waals surface area contributed by atoms with Crippen molar-refractivity contribution in [2.24, 2.45) is 0 Å². The van der Waals surface area contributed by atoms with Gasteiger partial charge in [-0.1, -0.05) is 29.8 Å². The van der Waals surface area contributed by atoms with Gasteiger partial charge in [-0.05, 0) is 18.2 Å². The van der Waals surface area contributed by atoms with Crippen LogP contribution in [-0.2, 0) is 0 Å². The number of nitro benzene ring substituents is 1. The number of fused-ring (bicyclic) bond motifs is 1. The van der Waals surface area contributed by atoms with Crippen molar-refractivity contribution in [1.82, 2.24) is 15.0 Å². The number of nitro groups is 1. The molecule has 0 bridgehead atoms. The van der Waals surface area contributed by atoms with Crippen molar-refractivity contribution < 1.29 is 4.92 Å². The van der Waals surface area contributed by atoms with Gasteiger partial charge in [-0.15, -0.1) is 15.0 Å². The van der Waals surface area contributed by atoms with Crippen molar-refractivity contribution >= 4 is 28.3 Å². The second-order valence-electron chi connectivity index (χ2n) is 3.84. The van der Waals surface area contributed by atoms with E-state index in [9.17, 15) is 10.1 Å². The predicted molar refractivity (Wildman–Crippen MR) is 70.5 cm³/mol. The van der Waals surface area contributed by atoms with E-state index < -0.39 is 4.92 Å². The lowest BCUT2D eigenvalue weighted by molar-refractivity contribution is -0.384. The fourth-order valence-corrected chi connectivity index (χ4v) is 2.01. The van der Waals surface area contributed by atoms with Crippen LogP contribution in [0.3, 0.4) is 0 Å². The Bertz CT molecular complexity index is 784. The molecule has 0 aliphatic carbocycles. The number of halogens is 1. The van der Waals surface area contributed by atoms with Crippen LogP contribution in [0.15, 0.2) is 42.5 Å². The van der Waals surface area contributed by atoms with Gasteiger partial charge in [0.2, 0.25) is 0 Å². The molecule has 0 unspecified atom stereocenters. The Labute approximate surface area is 112 Å². The molecule has 94 valence electrons. The zero-order valence-electron chi connectivity index (χ0n) is 9.52. The Hall–Kier alpha value is -2.47. The lowest BCUT2D eigenvalue weighted by Gasteiger charge is -1.99. The van der Waals surface area contributed by atoms with Crippen molar-refractivity contribution in [2.45, 2.75) is 0 Å². The van der Waals surface area contributed by atoms with Crippen LogP contribution in [0.25, 0.3) is 16.7 Å². The zero-order valence-corrected chi connectivity index (χ0v) is 10.3. The fraction of sp³-hybridized carbons (Fsp3) is 0. The molecular weight excluding hydrogens is 268 g/mol. The standard InChI is InChI=1S/C12H7ClN4O2/c13-8-4-3-5-9-12(8)15-16(14-9)10-6-1-2-7-11(10)17(18)19/h1-7H. The van der Waals surface area contributed by atoms with Gasteiger partial charge in [0, 0.05) is 6.07 Å². The fourth-order valence-electron chi connectivity index (χ4n) is 1.80. The van der Waals surface area contributed by atoms with E-state index in [0.29, 0.717) is 21.7 Å². The summed E-state index contributed by atoms with van der Waals surface area (Å²) in [5.74, 6) is 0. The summed E-state index contributed by atoms with van der Waals surface area (Å²) in [4.78, 5) is 11.8. The molecule has 7 heteroatoms. The quantitative estimate of drug-likeness (QED) is 0.532. The van der Waals surface area contributed by atoms with Gasteiger partial charge in [-0.3, -0.25) is 10.1 Å². The third-order valence-electron chi connectivity index (χ3n) is 2.66. The Morgan fingerprint density at radius 2 is 1.89 bits per heavy atom. The molecule has 1 aromatic heterocycles. The lowest BCUT2D eigenvalue weighted by Crippen LogP contribution is -2.02. The lowest BCUT2D eigenvalue weighted by atomic mass is 10.3. The Kier molecular flexibility index (Phi) is 2.64. The molecule has 0 saturated carbocycles. The van der Waals surface area contributed by atoms with E-state index in [-0.39, 0.29) is 5.69 Å². The van der Waals surface area contributed by atoms with Crippen LogP contribution in [0, 0.1) is 10.1 Å². The molecular formula is C12H7ClN4O2. The first-order valence-electron chi connectivity index (χ1n) is 5.42. The first-order valence-corrected chi connectivity index (χ1v) is 5.80. The predicted octanol–water partition coefficient (Wildman–Crippen LogP) is 2.98. The highest BCUT2D eigenvalue weighted by Gasteiger charge is 2.17. The molecule has 0 spiro atoms. The van der Waals surface area contributed by atoms with Crippen LogP contribution in [-0.4, -0.2) is 19.9 Å². The van der Waals surface area contributed by atoms with E-state index in [2.05, 4.69) is 10.2 Å². The van der Waals surface area contributed by atoms with Crippen LogP contribution in [0.2, 0.25) is 5.02 Å². The summed E-state index contributed by atoms with van der Waals surface area (Å²) < 4.78 is 0. The van der Waals surface area contributed by atoms with Crippen molar-refractivity contribution in [3.8, 4) is 5.69 Å². The molecule has 0 N–H and O–H groups in total. The third kappa shape index (κ3) is 1.92. The third-order valence-corrected chi connectivity index (χ3v) is 2.96. The summed E-state index contributed by atoms with van der Waals surface area (Å²) >= 11 is 6.01.